The van der Waals surface area contributed by atoms with Crippen LogP contribution in [0.3, 0.4) is 0 Å². The molecule has 0 saturated heterocycles. The number of hydrogen-bond donors (Lipinski definition) is 2. The van der Waals surface area contributed by atoms with Crippen molar-refractivity contribution in [3.8, 4) is 0 Å². The lowest BCUT2D eigenvalue weighted by atomic mass is 9.82. The topological polar surface area (TPSA) is 65.5 Å². The first-order valence-electron chi connectivity index (χ1n) is 10.4. The average Bonchev–Trinajstić information content (AvgIpc) is 2.76. The van der Waals surface area contributed by atoms with Crippen molar-refractivity contribution in [2.24, 2.45) is 0 Å². The number of anilines is 3. The molecule has 1 atom stereocenters. The number of carboxylic acid groups (broad SMARTS) is 1. The quantitative estimate of drug-likeness (QED) is 0.580. The molecule has 0 spiro atoms. The molecule has 2 N–H and O–H groups in total. The second-order valence-corrected chi connectivity index (χ2v) is 7.98. The number of carbonyl (C=O) groups is 1. The number of hydrogen-bond acceptors (Lipinski definition) is 4. The van der Waals surface area contributed by atoms with Gasteiger partial charge in [-0.15, -0.1) is 0 Å². The second kappa shape index (κ2) is 8.57. The lowest BCUT2D eigenvalue weighted by Crippen LogP contribution is -2.20. The molecule has 1 aliphatic carbocycles. The molecule has 5 heteroatoms. The van der Waals surface area contributed by atoms with Crippen LogP contribution in [-0.2, 0) is 6.42 Å². The molecule has 0 aliphatic heterocycles. The fourth-order valence-corrected chi connectivity index (χ4v) is 4.26. The Morgan fingerprint density at radius 2 is 2.03 bits per heavy atom. The third-order valence-corrected chi connectivity index (χ3v) is 5.93. The van der Waals surface area contributed by atoms with E-state index in [0.29, 0.717) is 18.2 Å². The number of pyridine rings is 1. The minimum Gasteiger partial charge on any atom is -0.478 e. The van der Waals surface area contributed by atoms with Crippen molar-refractivity contribution in [2.45, 2.75) is 32.1 Å². The SMILES string of the molecule is Cc1cccc(N(C)c2ccc3c(c2)CCC[C@H]3CNc2cnccc2C(=O)O)c1. The van der Waals surface area contributed by atoms with Crippen LogP contribution in [0.15, 0.2) is 60.9 Å². The first-order chi connectivity index (χ1) is 14.5. The number of nitrogens with one attached hydrogen (secondary N) is 1. The highest BCUT2D eigenvalue weighted by atomic mass is 16.4. The normalized spacial score (nSPS) is 15.3. The molecule has 2 aromatic carbocycles. The Morgan fingerprint density at radius 1 is 1.20 bits per heavy atom. The van der Waals surface area contributed by atoms with Gasteiger partial charge in [0.2, 0.25) is 0 Å². The summed E-state index contributed by atoms with van der Waals surface area (Å²) in [4.78, 5) is 17.7. The van der Waals surface area contributed by atoms with E-state index < -0.39 is 5.97 Å². The average molecular weight is 402 g/mol. The molecule has 0 bridgehead atoms. The monoisotopic (exact) mass is 401 g/mol. The first-order valence-corrected chi connectivity index (χ1v) is 10.4. The van der Waals surface area contributed by atoms with Crippen LogP contribution in [0.25, 0.3) is 0 Å². The van der Waals surface area contributed by atoms with Crippen LogP contribution in [0.1, 0.15) is 45.8 Å². The summed E-state index contributed by atoms with van der Waals surface area (Å²) in [5.74, 6) is -0.582. The lowest BCUT2D eigenvalue weighted by molar-refractivity contribution is 0.0698. The van der Waals surface area contributed by atoms with E-state index in [1.54, 1.807) is 6.20 Å². The highest BCUT2D eigenvalue weighted by Crippen LogP contribution is 2.35. The molecule has 1 heterocycles. The summed E-state index contributed by atoms with van der Waals surface area (Å²) in [7, 11) is 2.11. The van der Waals surface area contributed by atoms with E-state index in [0.717, 1.165) is 19.3 Å². The minimum atomic E-state index is -0.937. The maximum atomic E-state index is 11.4. The summed E-state index contributed by atoms with van der Waals surface area (Å²) in [6.45, 7) is 2.81. The fourth-order valence-electron chi connectivity index (χ4n) is 4.26. The Hall–Kier alpha value is -3.34. The van der Waals surface area contributed by atoms with Crippen molar-refractivity contribution in [3.63, 3.8) is 0 Å². The Bertz CT molecular complexity index is 1060. The first kappa shape index (κ1) is 20.0. The summed E-state index contributed by atoms with van der Waals surface area (Å²) in [5.41, 5.74) is 7.20. The van der Waals surface area contributed by atoms with Crippen LogP contribution in [0.2, 0.25) is 0 Å². The highest BCUT2D eigenvalue weighted by Gasteiger charge is 2.22. The number of nitrogens with zero attached hydrogens (tertiary/aromatic N) is 2. The molecule has 0 radical (unpaired) electrons. The predicted octanol–water partition coefficient (Wildman–Crippen LogP) is 5.39. The van der Waals surface area contributed by atoms with Gasteiger partial charge in [0.1, 0.15) is 0 Å². The van der Waals surface area contributed by atoms with Gasteiger partial charge in [-0.1, -0.05) is 18.2 Å². The van der Waals surface area contributed by atoms with Gasteiger partial charge in [0.15, 0.2) is 0 Å². The molecular weight excluding hydrogens is 374 g/mol. The van der Waals surface area contributed by atoms with Crippen LogP contribution in [0.5, 0.6) is 0 Å². The van der Waals surface area contributed by atoms with Gasteiger partial charge < -0.3 is 15.3 Å². The van der Waals surface area contributed by atoms with Crippen molar-refractivity contribution in [1.29, 1.82) is 0 Å². The van der Waals surface area contributed by atoms with Crippen LogP contribution in [0.4, 0.5) is 17.1 Å². The highest BCUT2D eigenvalue weighted by molar-refractivity contribution is 5.93. The number of aryl methyl sites for hydroxylation is 2. The van der Waals surface area contributed by atoms with Crippen molar-refractivity contribution in [1.82, 2.24) is 4.98 Å². The summed E-state index contributed by atoms with van der Waals surface area (Å²) >= 11 is 0. The third-order valence-electron chi connectivity index (χ3n) is 5.93. The molecule has 3 aromatic rings. The lowest BCUT2D eigenvalue weighted by Gasteiger charge is -2.28. The third kappa shape index (κ3) is 4.15. The molecule has 0 saturated carbocycles. The number of benzene rings is 2. The molecule has 30 heavy (non-hydrogen) atoms. The molecule has 5 nitrogen and oxygen atoms in total. The van der Waals surface area contributed by atoms with E-state index in [1.165, 1.54) is 40.3 Å². The molecule has 0 amide bonds. The van der Waals surface area contributed by atoms with Gasteiger partial charge in [-0.2, -0.15) is 0 Å². The van der Waals surface area contributed by atoms with Gasteiger partial charge in [0.25, 0.3) is 0 Å². The van der Waals surface area contributed by atoms with Gasteiger partial charge in [-0.3, -0.25) is 4.98 Å². The van der Waals surface area contributed by atoms with Crippen LogP contribution < -0.4 is 10.2 Å². The zero-order valence-electron chi connectivity index (χ0n) is 17.4. The summed E-state index contributed by atoms with van der Waals surface area (Å²) in [6, 6.07) is 16.8. The van der Waals surface area contributed by atoms with Gasteiger partial charge in [0, 0.05) is 37.1 Å². The van der Waals surface area contributed by atoms with Crippen molar-refractivity contribution in [2.75, 3.05) is 23.8 Å². The smallest absolute Gasteiger partial charge is 0.337 e. The Kier molecular flexibility index (Phi) is 5.70. The van der Waals surface area contributed by atoms with Crippen LogP contribution in [-0.4, -0.2) is 29.7 Å². The molecular formula is C25H27N3O2. The zero-order valence-corrected chi connectivity index (χ0v) is 17.4. The zero-order chi connectivity index (χ0) is 21.1. The molecule has 0 unspecified atom stereocenters. The fraction of sp³-hybridized carbons (Fsp3) is 0.280. The van der Waals surface area contributed by atoms with Gasteiger partial charge in [-0.05, 0) is 73.2 Å². The van der Waals surface area contributed by atoms with E-state index in [-0.39, 0.29) is 5.56 Å². The summed E-state index contributed by atoms with van der Waals surface area (Å²) < 4.78 is 0. The molecule has 4 rings (SSSR count). The molecule has 154 valence electrons. The Morgan fingerprint density at radius 3 is 2.83 bits per heavy atom. The van der Waals surface area contributed by atoms with E-state index in [2.05, 4.69) is 71.6 Å². The molecule has 1 aromatic heterocycles. The summed E-state index contributed by atoms with van der Waals surface area (Å²) in [6.07, 6.45) is 6.41. The van der Waals surface area contributed by atoms with Crippen molar-refractivity contribution in [3.05, 3.63) is 83.2 Å². The Balaban J connectivity index is 1.53. The van der Waals surface area contributed by atoms with E-state index in [9.17, 15) is 9.90 Å². The predicted molar refractivity (Wildman–Crippen MR) is 121 cm³/mol. The molecule has 0 fully saturated rings. The minimum absolute atomic E-state index is 0.260. The number of fused-ring (bicyclic) bond motifs is 1. The number of carboxylic acids is 1. The maximum absolute atomic E-state index is 11.4. The van der Waals surface area contributed by atoms with Crippen LogP contribution in [0, 0.1) is 6.92 Å². The standard InChI is InChI=1S/C25H27N3O2/c1-17-5-3-8-20(13-17)28(2)21-9-10-22-18(14-21)6-4-7-19(22)15-27-24-16-26-12-11-23(24)25(29)30/h3,5,8-14,16,19,27H,4,6-7,15H2,1-2H3,(H,29,30)/t19-/m0/s1. The largest absolute Gasteiger partial charge is 0.478 e. The number of aromatic nitrogens is 1. The van der Waals surface area contributed by atoms with E-state index >= 15 is 0 Å². The van der Waals surface area contributed by atoms with E-state index in [1.807, 2.05) is 0 Å². The van der Waals surface area contributed by atoms with Crippen molar-refractivity contribution < 1.29 is 9.90 Å². The molecule has 1 aliphatic rings. The maximum Gasteiger partial charge on any atom is 0.337 e. The van der Waals surface area contributed by atoms with E-state index in [4.69, 9.17) is 0 Å². The second-order valence-electron chi connectivity index (χ2n) is 7.98. The van der Waals surface area contributed by atoms with Gasteiger partial charge in [-0.25, -0.2) is 4.79 Å². The Labute approximate surface area is 177 Å². The number of aromatic carboxylic acids is 1. The number of rotatable bonds is 6. The summed E-state index contributed by atoms with van der Waals surface area (Å²) in [5, 5.41) is 12.7. The van der Waals surface area contributed by atoms with Crippen molar-refractivity contribution >= 4 is 23.0 Å². The van der Waals surface area contributed by atoms with Gasteiger partial charge >= 0.3 is 5.97 Å². The van der Waals surface area contributed by atoms with Crippen LogP contribution >= 0.6 is 0 Å². The van der Waals surface area contributed by atoms with Gasteiger partial charge in [0.05, 0.1) is 17.4 Å².